The van der Waals surface area contributed by atoms with E-state index in [1.54, 1.807) is 0 Å². The van der Waals surface area contributed by atoms with Crippen LogP contribution in [0.15, 0.2) is 0 Å². The first-order valence-electron chi connectivity index (χ1n) is 8.29. The van der Waals surface area contributed by atoms with Crippen molar-refractivity contribution >= 4 is 11.3 Å². The molecule has 1 N–H and O–H groups in total. The minimum atomic E-state index is 0.691. The van der Waals surface area contributed by atoms with E-state index in [2.05, 4.69) is 33.0 Å². The molecule has 3 heteroatoms. The Morgan fingerprint density at radius 2 is 1.95 bits per heavy atom. The van der Waals surface area contributed by atoms with Gasteiger partial charge < -0.3 is 5.32 Å². The van der Waals surface area contributed by atoms with Gasteiger partial charge in [0.1, 0.15) is 0 Å². The van der Waals surface area contributed by atoms with Gasteiger partial charge in [-0.1, -0.05) is 40.5 Å². The average Bonchev–Trinajstić information content (AvgIpc) is 2.79. The van der Waals surface area contributed by atoms with Crippen LogP contribution in [0, 0.1) is 11.8 Å². The summed E-state index contributed by atoms with van der Waals surface area (Å²) in [6, 6.07) is 0. The maximum absolute atomic E-state index is 5.03. The highest BCUT2D eigenvalue weighted by Crippen LogP contribution is 2.38. The van der Waals surface area contributed by atoms with Gasteiger partial charge in [-0.2, -0.15) is 0 Å². The largest absolute Gasteiger partial charge is 0.312 e. The molecule has 20 heavy (non-hydrogen) atoms. The molecule has 0 spiro atoms. The molecule has 1 fully saturated rings. The summed E-state index contributed by atoms with van der Waals surface area (Å²) in [5, 5.41) is 4.89. The number of aromatic nitrogens is 1. The van der Waals surface area contributed by atoms with Crippen LogP contribution >= 0.6 is 11.3 Å². The molecule has 1 aromatic rings. The molecule has 1 aliphatic rings. The lowest BCUT2D eigenvalue weighted by atomic mass is 9.83. The lowest BCUT2D eigenvalue weighted by Gasteiger charge is -2.24. The van der Waals surface area contributed by atoms with E-state index in [1.165, 1.54) is 41.3 Å². The van der Waals surface area contributed by atoms with Crippen LogP contribution in [0.25, 0.3) is 0 Å². The van der Waals surface area contributed by atoms with Gasteiger partial charge in [-0.3, -0.25) is 0 Å². The summed E-state index contributed by atoms with van der Waals surface area (Å²) in [5.41, 5.74) is 1.36. The molecule has 0 bridgehead atoms. The summed E-state index contributed by atoms with van der Waals surface area (Å²) in [4.78, 5) is 6.51. The van der Waals surface area contributed by atoms with Crippen LogP contribution in [0.5, 0.6) is 0 Å². The number of rotatable bonds is 6. The predicted molar refractivity (Wildman–Crippen MR) is 88.4 cm³/mol. The van der Waals surface area contributed by atoms with Crippen molar-refractivity contribution in [2.75, 3.05) is 6.54 Å². The lowest BCUT2D eigenvalue weighted by molar-refractivity contribution is 0.347. The van der Waals surface area contributed by atoms with E-state index in [-0.39, 0.29) is 0 Å². The van der Waals surface area contributed by atoms with Crippen molar-refractivity contribution in [1.29, 1.82) is 0 Å². The zero-order valence-electron chi connectivity index (χ0n) is 13.5. The topological polar surface area (TPSA) is 24.9 Å². The van der Waals surface area contributed by atoms with Gasteiger partial charge in [0, 0.05) is 17.3 Å². The van der Waals surface area contributed by atoms with Gasteiger partial charge in [0.15, 0.2) is 0 Å². The van der Waals surface area contributed by atoms with E-state index in [9.17, 15) is 0 Å². The second-order valence-electron chi connectivity index (χ2n) is 6.76. The van der Waals surface area contributed by atoms with Crippen molar-refractivity contribution in [3.05, 3.63) is 15.6 Å². The Morgan fingerprint density at radius 1 is 1.25 bits per heavy atom. The smallest absolute Gasteiger partial charge is 0.0962 e. The second-order valence-corrected chi connectivity index (χ2v) is 7.87. The van der Waals surface area contributed by atoms with Gasteiger partial charge >= 0.3 is 0 Å². The third kappa shape index (κ3) is 4.29. The maximum Gasteiger partial charge on any atom is 0.0962 e. The van der Waals surface area contributed by atoms with E-state index < -0.39 is 0 Å². The number of hydrogen-bond acceptors (Lipinski definition) is 3. The molecule has 2 nitrogen and oxygen atoms in total. The molecule has 1 saturated carbocycles. The number of nitrogens with zero attached hydrogens (tertiary/aromatic N) is 1. The normalized spacial score (nSPS) is 23.4. The number of nitrogens with one attached hydrogen (secondary N) is 1. The van der Waals surface area contributed by atoms with Gasteiger partial charge in [0.25, 0.3) is 0 Å². The molecule has 0 aliphatic heterocycles. The van der Waals surface area contributed by atoms with Gasteiger partial charge in [-0.25, -0.2) is 4.98 Å². The fourth-order valence-electron chi connectivity index (χ4n) is 3.01. The van der Waals surface area contributed by atoms with Gasteiger partial charge in [-0.05, 0) is 37.6 Å². The predicted octanol–water partition coefficient (Wildman–Crippen LogP) is 4.74. The molecule has 0 atom stereocenters. The molecule has 0 amide bonds. The third-order valence-electron chi connectivity index (χ3n) is 4.30. The van der Waals surface area contributed by atoms with Crippen LogP contribution in [0.1, 0.15) is 74.9 Å². The van der Waals surface area contributed by atoms with Crippen molar-refractivity contribution in [3.63, 3.8) is 0 Å². The van der Waals surface area contributed by atoms with E-state index >= 15 is 0 Å². The molecule has 1 aliphatic carbocycles. The molecular weight excluding hydrogens is 264 g/mol. The Morgan fingerprint density at radius 3 is 2.55 bits per heavy atom. The van der Waals surface area contributed by atoms with Crippen LogP contribution in [0.3, 0.4) is 0 Å². The first-order chi connectivity index (χ1) is 9.60. The molecule has 1 heterocycles. The zero-order valence-corrected chi connectivity index (χ0v) is 14.4. The van der Waals surface area contributed by atoms with E-state index in [0.717, 1.165) is 31.3 Å². The molecule has 0 saturated heterocycles. The van der Waals surface area contributed by atoms with Gasteiger partial charge in [0.2, 0.25) is 0 Å². The SMILES string of the molecule is CCNCc1sc(C2CCC(C)CC2)nc1CC(C)C. The molecule has 2 rings (SSSR count). The van der Waals surface area contributed by atoms with Crippen molar-refractivity contribution in [2.24, 2.45) is 11.8 Å². The fraction of sp³-hybridized carbons (Fsp3) is 0.824. The third-order valence-corrected chi connectivity index (χ3v) is 5.56. The Hall–Kier alpha value is -0.410. The summed E-state index contributed by atoms with van der Waals surface area (Å²) in [6.45, 7) is 11.2. The highest BCUT2D eigenvalue weighted by molar-refractivity contribution is 7.11. The molecular formula is C17H30N2S. The summed E-state index contributed by atoms with van der Waals surface area (Å²) >= 11 is 1.98. The molecule has 114 valence electrons. The summed E-state index contributed by atoms with van der Waals surface area (Å²) < 4.78 is 0. The maximum atomic E-state index is 5.03. The van der Waals surface area contributed by atoms with Crippen molar-refractivity contribution in [2.45, 2.75) is 72.3 Å². The fourth-order valence-corrected chi connectivity index (χ4v) is 4.24. The quantitative estimate of drug-likeness (QED) is 0.819. The minimum absolute atomic E-state index is 0.691. The standard InChI is InChI=1S/C17H30N2S/c1-5-18-11-16-15(10-12(2)3)19-17(20-16)14-8-6-13(4)7-9-14/h12-14,18H,5-11H2,1-4H3. The first kappa shape index (κ1) is 16.0. The summed E-state index contributed by atoms with van der Waals surface area (Å²) in [6.07, 6.45) is 6.58. The highest BCUT2D eigenvalue weighted by Gasteiger charge is 2.24. The Kier molecular flexibility index (Phi) is 6.03. The summed E-state index contributed by atoms with van der Waals surface area (Å²) in [7, 11) is 0. The van der Waals surface area contributed by atoms with Gasteiger partial charge in [-0.15, -0.1) is 11.3 Å². The van der Waals surface area contributed by atoms with E-state index in [0.29, 0.717) is 5.92 Å². The second kappa shape index (κ2) is 7.56. The van der Waals surface area contributed by atoms with E-state index in [4.69, 9.17) is 4.98 Å². The van der Waals surface area contributed by atoms with Crippen LogP contribution in [0.2, 0.25) is 0 Å². The Balaban J connectivity index is 2.10. The van der Waals surface area contributed by atoms with Crippen LogP contribution in [-0.4, -0.2) is 11.5 Å². The molecule has 0 unspecified atom stereocenters. The zero-order chi connectivity index (χ0) is 14.5. The van der Waals surface area contributed by atoms with Crippen molar-refractivity contribution in [1.82, 2.24) is 10.3 Å². The molecule has 1 aromatic heterocycles. The van der Waals surface area contributed by atoms with Crippen molar-refractivity contribution in [3.8, 4) is 0 Å². The number of hydrogen-bond donors (Lipinski definition) is 1. The highest BCUT2D eigenvalue weighted by atomic mass is 32.1. The number of thiazole rings is 1. The molecule has 0 radical (unpaired) electrons. The van der Waals surface area contributed by atoms with Crippen LogP contribution in [0.4, 0.5) is 0 Å². The first-order valence-corrected chi connectivity index (χ1v) is 9.11. The average molecular weight is 295 g/mol. The van der Waals surface area contributed by atoms with E-state index in [1.807, 2.05) is 11.3 Å². The Bertz CT molecular complexity index is 403. The van der Waals surface area contributed by atoms with Crippen LogP contribution < -0.4 is 5.32 Å². The van der Waals surface area contributed by atoms with Crippen LogP contribution in [-0.2, 0) is 13.0 Å². The monoisotopic (exact) mass is 294 g/mol. The van der Waals surface area contributed by atoms with Gasteiger partial charge in [0.05, 0.1) is 10.7 Å². The van der Waals surface area contributed by atoms with Crippen molar-refractivity contribution < 1.29 is 0 Å². The molecule has 0 aromatic carbocycles. The minimum Gasteiger partial charge on any atom is -0.312 e. The lowest BCUT2D eigenvalue weighted by Crippen LogP contribution is -2.12. The summed E-state index contributed by atoms with van der Waals surface area (Å²) in [5.74, 6) is 2.34. The Labute approximate surface area is 128 Å².